The highest BCUT2D eigenvalue weighted by molar-refractivity contribution is 7.92. The standard InChI is InChI=1S/C11H14N4O2S/c1-7-6-10(8(2)5-9(7)12)15-18(16,17)11-3-4-13-14-11/h3-6,15H,12H2,1-2H3,(H,13,14). The van der Waals surface area contributed by atoms with Gasteiger partial charge in [0, 0.05) is 5.69 Å². The van der Waals surface area contributed by atoms with Gasteiger partial charge < -0.3 is 5.73 Å². The molecular formula is C11H14N4O2S. The summed E-state index contributed by atoms with van der Waals surface area (Å²) in [4.78, 5) is 0. The summed E-state index contributed by atoms with van der Waals surface area (Å²) in [6, 6.07) is 4.83. The predicted octanol–water partition coefficient (Wildman–Crippen LogP) is 1.41. The van der Waals surface area contributed by atoms with Crippen molar-refractivity contribution >= 4 is 21.4 Å². The van der Waals surface area contributed by atoms with E-state index < -0.39 is 10.0 Å². The molecule has 0 bridgehead atoms. The lowest BCUT2D eigenvalue weighted by atomic mass is 10.1. The second kappa shape index (κ2) is 4.34. The zero-order valence-corrected chi connectivity index (χ0v) is 10.9. The van der Waals surface area contributed by atoms with Crippen molar-refractivity contribution in [1.82, 2.24) is 10.2 Å². The zero-order chi connectivity index (χ0) is 13.3. The number of nitrogens with zero attached hydrogens (tertiary/aromatic N) is 1. The van der Waals surface area contributed by atoms with Crippen LogP contribution in [-0.2, 0) is 10.0 Å². The van der Waals surface area contributed by atoms with Gasteiger partial charge in [-0.05, 0) is 43.2 Å². The molecule has 0 unspecified atom stereocenters. The Labute approximate surface area is 105 Å². The second-order valence-electron chi connectivity index (χ2n) is 4.05. The summed E-state index contributed by atoms with van der Waals surface area (Å²) in [5, 5.41) is 6.06. The fourth-order valence-electron chi connectivity index (χ4n) is 1.54. The Morgan fingerprint density at radius 1 is 1.28 bits per heavy atom. The number of hydrogen-bond acceptors (Lipinski definition) is 4. The number of aryl methyl sites for hydroxylation is 2. The quantitative estimate of drug-likeness (QED) is 0.731. The first-order valence-corrected chi connectivity index (χ1v) is 6.77. The van der Waals surface area contributed by atoms with Gasteiger partial charge in [0.2, 0.25) is 0 Å². The summed E-state index contributed by atoms with van der Waals surface area (Å²) in [6.07, 6.45) is 1.38. The number of anilines is 2. The van der Waals surface area contributed by atoms with Gasteiger partial charge in [-0.15, -0.1) is 0 Å². The number of rotatable bonds is 3. The summed E-state index contributed by atoms with van der Waals surface area (Å²) in [5.74, 6) is 0. The molecule has 18 heavy (non-hydrogen) atoms. The number of nitrogen functional groups attached to an aromatic ring is 1. The monoisotopic (exact) mass is 266 g/mol. The molecule has 0 aliphatic carbocycles. The second-order valence-corrected chi connectivity index (χ2v) is 5.70. The molecule has 6 nitrogen and oxygen atoms in total. The van der Waals surface area contributed by atoms with Crippen LogP contribution in [0, 0.1) is 13.8 Å². The van der Waals surface area contributed by atoms with E-state index in [1.54, 1.807) is 19.1 Å². The highest BCUT2D eigenvalue weighted by Gasteiger charge is 2.16. The van der Waals surface area contributed by atoms with Crippen molar-refractivity contribution in [3.63, 3.8) is 0 Å². The largest absolute Gasteiger partial charge is 0.399 e. The predicted molar refractivity (Wildman–Crippen MR) is 69.7 cm³/mol. The van der Waals surface area contributed by atoms with Gasteiger partial charge in [0.15, 0.2) is 5.03 Å². The Morgan fingerprint density at radius 3 is 2.61 bits per heavy atom. The van der Waals surface area contributed by atoms with Crippen LogP contribution in [0.1, 0.15) is 11.1 Å². The maximum absolute atomic E-state index is 12.0. The van der Waals surface area contributed by atoms with Gasteiger partial charge in [0.1, 0.15) is 0 Å². The average Bonchev–Trinajstić information content (AvgIpc) is 2.79. The number of nitrogens with one attached hydrogen (secondary N) is 2. The van der Waals surface area contributed by atoms with E-state index in [2.05, 4.69) is 14.9 Å². The van der Waals surface area contributed by atoms with Crippen LogP contribution in [0.2, 0.25) is 0 Å². The maximum atomic E-state index is 12.0. The van der Waals surface area contributed by atoms with Gasteiger partial charge in [0.25, 0.3) is 10.0 Å². The molecule has 0 saturated heterocycles. The van der Waals surface area contributed by atoms with Crippen LogP contribution in [0.25, 0.3) is 0 Å². The third-order valence-corrected chi connectivity index (χ3v) is 3.92. The molecule has 0 saturated carbocycles. The molecule has 7 heteroatoms. The molecule has 0 atom stereocenters. The first-order valence-electron chi connectivity index (χ1n) is 5.29. The van der Waals surface area contributed by atoms with E-state index in [-0.39, 0.29) is 5.03 Å². The molecule has 0 aliphatic rings. The molecular weight excluding hydrogens is 252 g/mol. The highest BCUT2D eigenvalue weighted by atomic mass is 32.2. The first-order chi connectivity index (χ1) is 8.40. The maximum Gasteiger partial charge on any atom is 0.278 e. The summed E-state index contributed by atoms with van der Waals surface area (Å²) >= 11 is 0. The normalized spacial score (nSPS) is 11.4. The molecule has 1 aromatic carbocycles. The summed E-state index contributed by atoms with van der Waals surface area (Å²) < 4.78 is 26.5. The summed E-state index contributed by atoms with van der Waals surface area (Å²) in [5.41, 5.74) is 8.49. The number of benzene rings is 1. The lowest BCUT2D eigenvalue weighted by Gasteiger charge is -2.11. The average molecular weight is 266 g/mol. The highest BCUT2D eigenvalue weighted by Crippen LogP contribution is 2.24. The van der Waals surface area contributed by atoms with Crippen LogP contribution >= 0.6 is 0 Å². The Kier molecular flexibility index (Phi) is 3.00. The zero-order valence-electron chi connectivity index (χ0n) is 10.1. The first kappa shape index (κ1) is 12.4. The minimum atomic E-state index is -3.63. The molecule has 0 spiro atoms. The van der Waals surface area contributed by atoms with E-state index in [9.17, 15) is 8.42 Å². The van der Waals surface area contributed by atoms with E-state index >= 15 is 0 Å². The van der Waals surface area contributed by atoms with Crippen molar-refractivity contribution in [2.75, 3.05) is 10.5 Å². The van der Waals surface area contributed by atoms with Gasteiger partial charge >= 0.3 is 0 Å². The van der Waals surface area contributed by atoms with Gasteiger partial charge in [-0.25, -0.2) is 0 Å². The molecule has 4 N–H and O–H groups in total. The Balaban J connectivity index is 2.39. The van der Waals surface area contributed by atoms with E-state index in [1.165, 1.54) is 12.3 Å². The van der Waals surface area contributed by atoms with E-state index in [0.717, 1.165) is 11.1 Å². The topological polar surface area (TPSA) is 101 Å². The molecule has 2 aromatic rings. The van der Waals surface area contributed by atoms with Crippen LogP contribution in [0.5, 0.6) is 0 Å². The van der Waals surface area contributed by atoms with E-state index in [4.69, 9.17) is 5.73 Å². The third kappa shape index (κ3) is 2.30. The fraction of sp³-hybridized carbons (Fsp3) is 0.182. The number of aromatic nitrogens is 2. The minimum absolute atomic E-state index is 0.0244. The van der Waals surface area contributed by atoms with E-state index in [1.807, 2.05) is 6.92 Å². The third-order valence-electron chi connectivity index (χ3n) is 2.62. The van der Waals surface area contributed by atoms with Crippen molar-refractivity contribution in [2.24, 2.45) is 0 Å². The van der Waals surface area contributed by atoms with Crippen molar-refractivity contribution in [3.8, 4) is 0 Å². The van der Waals surface area contributed by atoms with Crippen LogP contribution in [0.15, 0.2) is 29.4 Å². The Bertz CT molecular complexity index is 663. The Hall–Kier alpha value is -2.02. The number of aromatic amines is 1. The number of H-pyrrole nitrogens is 1. The molecule has 0 fully saturated rings. The number of nitrogens with two attached hydrogens (primary N) is 1. The lowest BCUT2D eigenvalue weighted by molar-refractivity contribution is 0.597. The lowest BCUT2D eigenvalue weighted by Crippen LogP contribution is -2.14. The van der Waals surface area contributed by atoms with Gasteiger partial charge in [-0.3, -0.25) is 9.82 Å². The van der Waals surface area contributed by atoms with Crippen molar-refractivity contribution in [1.29, 1.82) is 0 Å². The van der Waals surface area contributed by atoms with Crippen LogP contribution in [0.4, 0.5) is 11.4 Å². The molecule has 1 aromatic heterocycles. The number of hydrogen-bond donors (Lipinski definition) is 3. The van der Waals surface area contributed by atoms with Crippen molar-refractivity contribution < 1.29 is 8.42 Å². The minimum Gasteiger partial charge on any atom is -0.399 e. The van der Waals surface area contributed by atoms with Crippen LogP contribution in [0.3, 0.4) is 0 Å². The summed E-state index contributed by atoms with van der Waals surface area (Å²) in [6.45, 7) is 3.61. The smallest absolute Gasteiger partial charge is 0.278 e. The number of sulfonamides is 1. The van der Waals surface area contributed by atoms with Crippen molar-refractivity contribution in [2.45, 2.75) is 18.9 Å². The molecule has 0 aliphatic heterocycles. The fourth-order valence-corrected chi connectivity index (χ4v) is 2.57. The van der Waals surface area contributed by atoms with E-state index in [0.29, 0.717) is 11.4 Å². The molecule has 1 heterocycles. The van der Waals surface area contributed by atoms with Crippen LogP contribution in [-0.4, -0.2) is 18.6 Å². The van der Waals surface area contributed by atoms with Crippen molar-refractivity contribution in [3.05, 3.63) is 35.5 Å². The summed E-state index contributed by atoms with van der Waals surface area (Å²) in [7, 11) is -3.63. The van der Waals surface area contributed by atoms with Gasteiger partial charge in [0.05, 0.1) is 11.9 Å². The Morgan fingerprint density at radius 2 is 2.00 bits per heavy atom. The van der Waals surface area contributed by atoms with Crippen LogP contribution < -0.4 is 10.5 Å². The van der Waals surface area contributed by atoms with Gasteiger partial charge in [-0.1, -0.05) is 0 Å². The SMILES string of the molecule is Cc1cc(NS(=O)(=O)c2ccn[nH]2)c(C)cc1N. The molecule has 2 rings (SSSR count). The molecule has 0 amide bonds. The van der Waals surface area contributed by atoms with Gasteiger partial charge in [-0.2, -0.15) is 13.5 Å². The molecule has 0 radical (unpaired) electrons. The molecule has 96 valence electrons.